The Morgan fingerprint density at radius 1 is 1.15 bits per heavy atom. The van der Waals surface area contributed by atoms with Crippen LogP contribution in [-0.4, -0.2) is 43.1 Å². The third kappa shape index (κ3) is 5.43. The van der Waals surface area contributed by atoms with Crippen molar-refractivity contribution in [2.75, 3.05) is 27.4 Å². The van der Waals surface area contributed by atoms with Crippen LogP contribution in [0.15, 0.2) is 49.8 Å². The maximum atomic E-state index is 13.9. The van der Waals surface area contributed by atoms with Crippen molar-refractivity contribution in [3.8, 4) is 23.0 Å². The van der Waals surface area contributed by atoms with Gasteiger partial charge in [0, 0.05) is 4.47 Å². The van der Waals surface area contributed by atoms with Crippen molar-refractivity contribution in [3.63, 3.8) is 0 Å². The van der Waals surface area contributed by atoms with Crippen molar-refractivity contribution in [2.24, 2.45) is 4.99 Å². The summed E-state index contributed by atoms with van der Waals surface area (Å²) in [6, 6.07) is 5.72. The van der Waals surface area contributed by atoms with Gasteiger partial charge in [-0.05, 0) is 62.2 Å². The molecule has 2 aromatic carbocycles. The minimum absolute atomic E-state index is 0.0807. The van der Waals surface area contributed by atoms with Gasteiger partial charge in [-0.15, -0.1) is 0 Å². The molecule has 39 heavy (non-hydrogen) atoms. The molecule has 1 atom stereocenters. The fourth-order valence-electron chi connectivity index (χ4n) is 4.26. The van der Waals surface area contributed by atoms with Gasteiger partial charge in [0.2, 0.25) is 0 Å². The van der Waals surface area contributed by atoms with Crippen molar-refractivity contribution in [2.45, 2.75) is 26.8 Å². The maximum Gasteiger partial charge on any atom is 0.338 e. The summed E-state index contributed by atoms with van der Waals surface area (Å²) in [5.41, 5.74) is 1.43. The lowest BCUT2D eigenvalue weighted by Gasteiger charge is -2.26. The monoisotopic (exact) mass is 636 g/mol. The van der Waals surface area contributed by atoms with E-state index in [1.54, 1.807) is 38.1 Å². The van der Waals surface area contributed by atoms with Crippen molar-refractivity contribution >= 4 is 50.9 Å². The molecule has 0 spiro atoms. The molecule has 3 aromatic rings. The van der Waals surface area contributed by atoms with Crippen molar-refractivity contribution in [3.05, 3.63) is 75.8 Å². The van der Waals surface area contributed by atoms with Gasteiger partial charge >= 0.3 is 5.97 Å². The predicted molar refractivity (Wildman–Crippen MR) is 152 cm³/mol. The van der Waals surface area contributed by atoms with Crippen LogP contribution in [0, 0.1) is 0 Å². The second kappa shape index (κ2) is 11.8. The maximum absolute atomic E-state index is 13.9. The van der Waals surface area contributed by atoms with Crippen LogP contribution in [-0.2, 0) is 9.53 Å². The van der Waals surface area contributed by atoms with Crippen molar-refractivity contribution < 1.29 is 28.8 Å². The Balaban J connectivity index is 2.00. The summed E-state index contributed by atoms with van der Waals surface area (Å²) in [4.78, 5) is 32.1. The van der Waals surface area contributed by atoms with Crippen molar-refractivity contribution in [1.82, 2.24) is 4.57 Å². The highest BCUT2D eigenvalue weighted by Gasteiger charge is 2.35. The quantitative estimate of drug-likeness (QED) is 0.366. The average molecular weight is 638 g/mol. The minimum atomic E-state index is -0.862. The van der Waals surface area contributed by atoms with E-state index in [0.29, 0.717) is 48.7 Å². The molecule has 1 aromatic heterocycles. The van der Waals surface area contributed by atoms with Crippen LogP contribution >= 0.6 is 38.9 Å². The van der Waals surface area contributed by atoms with Crippen LogP contribution in [0.25, 0.3) is 6.08 Å². The van der Waals surface area contributed by atoms with Gasteiger partial charge < -0.3 is 24.1 Å². The van der Waals surface area contributed by atoms with Gasteiger partial charge in [0.25, 0.3) is 5.56 Å². The second-order valence-corrected chi connectivity index (χ2v) is 10.6. The molecule has 1 aliphatic rings. The Labute approximate surface area is 241 Å². The van der Waals surface area contributed by atoms with Gasteiger partial charge in [-0.1, -0.05) is 38.9 Å². The second-order valence-electron chi connectivity index (χ2n) is 8.31. The Hall–Kier alpha value is -3.28. The number of methoxy groups -OCH3 is 2. The van der Waals surface area contributed by atoms with Crippen LogP contribution in [0.1, 0.15) is 37.9 Å². The molecule has 0 aliphatic carbocycles. The van der Waals surface area contributed by atoms with Crippen LogP contribution < -0.4 is 29.1 Å². The summed E-state index contributed by atoms with van der Waals surface area (Å²) in [5, 5.41) is 10.2. The fraction of sp³-hybridized carbons (Fsp3) is 0.296. The van der Waals surface area contributed by atoms with Gasteiger partial charge in [-0.25, -0.2) is 9.79 Å². The van der Waals surface area contributed by atoms with Gasteiger partial charge in [0.1, 0.15) is 0 Å². The number of phenolic OH excluding ortho intramolecular Hbond substituents is 1. The van der Waals surface area contributed by atoms with Crippen molar-refractivity contribution in [1.29, 1.82) is 0 Å². The normalized spacial score (nSPS) is 15.1. The summed E-state index contributed by atoms with van der Waals surface area (Å²) in [6.07, 6.45) is 1.63. The number of esters is 1. The summed E-state index contributed by atoms with van der Waals surface area (Å²) < 4.78 is 24.2. The van der Waals surface area contributed by atoms with E-state index in [9.17, 15) is 14.7 Å². The van der Waals surface area contributed by atoms with Crippen LogP contribution in [0.3, 0.4) is 0 Å². The van der Waals surface area contributed by atoms with Crippen LogP contribution in [0.5, 0.6) is 23.0 Å². The molecule has 0 radical (unpaired) electrons. The molecule has 1 N–H and O–H groups in total. The number of carbonyl (C=O) groups excluding carboxylic acids is 1. The molecule has 2 heterocycles. The van der Waals surface area contributed by atoms with Gasteiger partial charge in [-0.2, -0.15) is 0 Å². The molecule has 206 valence electrons. The van der Waals surface area contributed by atoms with Gasteiger partial charge in [0.05, 0.1) is 54.3 Å². The zero-order valence-corrected chi connectivity index (χ0v) is 25.0. The predicted octanol–water partition coefficient (Wildman–Crippen LogP) is 4.34. The number of hydrogen-bond acceptors (Lipinski definition) is 9. The van der Waals surface area contributed by atoms with E-state index < -0.39 is 12.0 Å². The first kappa shape index (κ1) is 28.7. The molecule has 4 rings (SSSR count). The lowest BCUT2D eigenvalue weighted by Crippen LogP contribution is -2.40. The van der Waals surface area contributed by atoms with Crippen LogP contribution in [0.2, 0.25) is 5.02 Å². The first-order valence-corrected chi connectivity index (χ1v) is 13.9. The number of phenols is 1. The Morgan fingerprint density at radius 3 is 2.51 bits per heavy atom. The molecular formula is C27H26BrClN2O7S. The average Bonchev–Trinajstić information content (AvgIpc) is 3.20. The molecule has 12 heteroatoms. The highest BCUT2D eigenvalue weighted by atomic mass is 79.9. The molecule has 0 unspecified atom stereocenters. The fourth-order valence-corrected chi connectivity index (χ4v) is 6.06. The summed E-state index contributed by atoms with van der Waals surface area (Å²) in [7, 11) is 2.93. The number of thiazole rings is 1. The lowest BCUT2D eigenvalue weighted by atomic mass is 9.95. The number of nitrogens with zero attached hydrogens (tertiary/aromatic N) is 2. The number of hydrogen-bond donors (Lipinski definition) is 1. The number of rotatable bonds is 8. The Morgan fingerprint density at radius 2 is 1.87 bits per heavy atom. The number of benzene rings is 2. The number of carbonyl (C=O) groups is 1. The summed E-state index contributed by atoms with van der Waals surface area (Å²) in [6.45, 7) is 5.87. The van der Waals surface area contributed by atoms with E-state index in [-0.39, 0.29) is 34.3 Å². The number of fused-ring (bicyclic) bond motifs is 1. The first-order valence-electron chi connectivity index (χ1n) is 11.9. The molecular weight excluding hydrogens is 612 g/mol. The molecule has 0 fully saturated rings. The lowest BCUT2D eigenvalue weighted by molar-refractivity contribution is -0.139. The number of aromatic nitrogens is 1. The van der Waals surface area contributed by atoms with E-state index in [2.05, 4.69) is 20.9 Å². The minimum Gasteiger partial charge on any atom is -0.503 e. The number of ether oxygens (including phenoxy) is 4. The molecule has 0 saturated heterocycles. The highest BCUT2D eigenvalue weighted by Crippen LogP contribution is 2.41. The van der Waals surface area contributed by atoms with E-state index in [1.807, 2.05) is 6.92 Å². The standard InChI is InChI=1S/C27H26BrClN2O7S/c1-6-37-19-12-16(28)15(11-18(19)35-4)23-22(26(34)38-7-2)13(3)30-27-31(23)25(33)21(39-27)10-14-8-17(29)24(32)20(9-14)36-5/h8-12,23,32H,6-7H2,1-5H3/b21-10+/t23-/m0/s1. The zero-order chi connectivity index (χ0) is 28.4. The van der Waals surface area contributed by atoms with E-state index in [4.69, 9.17) is 30.5 Å². The summed E-state index contributed by atoms with van der Waals surface area (Å²) in [5.74, 6) is 0.361. The highest BCUT2D eigenvalue weighted by molar-refractivity contribution is 9.10. The Kier molecular flexibility index (Phi) is 8.73. The molecule has 0 saturated carbocycles. The zero-order valence-electron chi connectivity index (χ0n) is 21.8. The van der Waals surface area contributed by atoms with Crippen LogP contribution in [0.4, 0.5) is 0 Å². The largest absolute Gasteiger partial charge is 0.503 e. The molecule has 0 amide bonds. The van der Waals surface area contributed by atoms with Gasteiger partial charge in [0.15, 0.2) is 27.8 Å². The third-order valence-electron chi connectivity index (χ3n) is 5.96. The number of aromatic hydroxyl groups is 1. The number of allylic oxidation sites excluding steroid dienone is 1. The molecule has 1 aliphatic heterocycles. The van der Waals surface area contributed by atoms with E-state index in [1.165, 1.54) is 24.9 Å². The topological polar surface area (TPSA) is 109 Å². The number of halogens is 2. The first-order chi connectivity index (χ1) is 18.6. The molecule has 0 bridgehead atoms. The Bertz CT molecular complexity index is 1660. The third-order valence-corrected chi connectivity index (χ3v) is 7.92. The summed E-state index contributed by atoms with van der Waals surface area (Å²) >= 11 is 10.9. The van der Waals surface area contributed by atoms with Gasteiger partial charge in [-0.3, -0.25) is 9.36 Å². The van der Waals surface area contributed by atoms with E-state index in [0.717, 1.165) is 11.3 Å². The smallest absolute Gasteiger partial charge is 0.338 e. The SMILES string of the molecule is CCOC(=O)C1=C(C)N=c2s/c(=C/c3cc(Cl)c(O)c(OC)c3)c(=O)n2[C@H]1c1cc(OC)c(OCC)cc1Br. The van der Waals surface area contributed by atoms with E-state index >= 15 is 0 Å². The molecule has 9 nitrogen and oxygen atoms in total.